The van der Waals surface area contributed by atoms with E-state index in [0.29, 0.717) is 6.79 Å². The monoisotopic (exact) mass is 174 g/mol. The van der Waals surface area contributed by atoms with E-state index in [-0.39, 0.29) is 12.7 Å². The highest BCUT2D eigenvalue weighted by molar-refractivity contribution is 4.73. The SMILES string of the molecule is C=CC[C@H](CCCO)OCOC. The van der Waals surface area contributed by atoms with Gasteiger partial charge in [0.15, 0.2) is 0 Å². The van der Waals surface area contributed by atoms with E-state index in [9.17, 15) is 0 Å². The zero-order chi connectivity index (χ0) is 9.23. The molecule has 0 spiro atoms. The molecule has 0 saturated heterocycles. The third-order valence-electron chi connectivity index (χ3n) is 1.54. The minimum absolute atomic E-state index is 0.134. The van der Waals surface area contributed by atoms with Crippen LogP contribution in [0.25, 0.3) is 0 Å². The van der Waals surface area contributed by atoms with E-state index in [1.165, 1.54) is 0 Å². The van der Waals surface area contributed by atoms with E-state index in [1.54, 1.807) is 7.11 Å². The van der Waals surface area contributed by atoms with E-state index in [2.05, 4.69) is 6.58 Å². The molecule has 3 nitrogen and oxygen atoms in total. The summed E-state index contributed by atoms with van der Waals surface area (Å²) in [5, 5.41) is 8.60. The van der Waals surface area contributed by atoms with E-state index in [4.69, 9.17) is 14.6 Å². The van der Waals surface area contributed by atoms with Gasteiger partial charge in [0.05, 0.1) is 6.10 Å². The second-order valence-corrected chi connectivity index (χ2v) is 2.59. The zero-order valence-electron chi connectivity index (χ0n) is 7.66. The highest BCUT2D eigenvalue weighted by Crippen LogP contribution is 2.06. The molecule has 3 heteroatoms. The number of rotatable bonds is 8. The van der Waals surface area contributed by atoms with Crippen molar-refractivity contribution in [3.8, 4) is 0 Å². The van der Waals surface area contributed by atoms with Crippen molar-refractivity contribution < 1.29 is 14.6 Å². The van der Waals surface area contributed by atoms with E-state index < -0.39 is 0 Å². The van der Waals surface area contributed by atoms with Crippen molar-refractivity contribution in [2.24, 2.45) is 0 Å². The lowest BCUT2D eigenvalue weighted by Gasteiger charge is -2.14. The van der Waals surface area contributed by atoms with E-state index in [1.807, 2.05) is 6.08 Å². The van der Waals surface area contributed by atoms with Crippen LogP contribution in [0.1, 0.15) is 19.3 Å². The van der Waals surface area contributed by atoms with Crippen LogP contribution in [0.4, 0.5) is 0 Å². The van der Waals surface area contributed by atoms with Crippen LogP contribution in [0.15, 0.2) is 12.7 Å². The van der Waals surface area contributed by atoms with Crippen LogP contribution < -0.4 is 0 Å². The summed E-state index contributed by atoms with van der Waals surface area (Å²) >= 11 is 0. The molecule has 0 bridgehead atoms. The Bertz CT molecular complexity index is 95.9. The maximum atomic E-state index is 8.60. The largest absolute Gasteiger partial charge is 0.396 e. The quantitative estimate of drug-likeness (QED) is 0.445. The predicted molar refractivity (Wildman–Crippen MR) is 47.9 cm³/mol. The molecular formula is C9H18O3. The minimum Gasteiger partial charge on any atom is -0.396 e. The standard InChI is InChI=1S/C9H18O3/c1-3-5-9(6-4-7-10)12-8-11-2/h3,9-10H,1,4-8H2,2H3/t9-/m1/s1. The molecule has 0 fully saturated rings. The lowest BCUT2D eigenvalue weighted by molar-refractivity contribution is -0.0739. The van der Waals surface area contributed by atoms with Crippen molar-refractivity contribution in [1.29, 1.82) is 0 Å². The van der Waals surface area contributed by atoms with Gasteiger partial charge in [0.2, 0.25) is 0 Å². The molecule has 0 radical (unpaired) electrons. The Balaban J connectivity index is 3.46. The lowest BCUT2D eigenvalue weighted by Crippen LogP contribution is -2.14. The molecule has 0 amide bonds. The van der Waals surface area contributed by atoms with Crippen molar-refractivity contribution in [2.75, 3.05) is 20.5 Å². The number of hydrogen-bond donors (Lipinski definition) is 1. The van der Waals surface area contributed by atoms with E-state index in [0.717, 1.165) is 19.3 Å². The zero-order valence-corrected chi connectivity index (χ0v) is 7.66. The highest BCUT2D eigenvalue weighted by atomic mass is 16.7. The highest BCUT2D eigenvalue weighted by Gasteiger charge is 2.05. The second kappa shape index (κ2) is 8.71. The fourth-order valence-corrected chi connectivity index (χ4v) is 0.938. The topological polar surface area (TPSA) is 38.7 Å². The maximum Gasteiger partial charge on any atom is 0.146 e. The molecule has 0 aliphatic heterocycles. The van der Waals surface area contributed by atoms with Gasteiger partial charge in [0, 0.05) is 13.7 Å². The van der Waals surface area contributed by atoms with Crippen LogP contribution in [0, 0.1) is 0 Å². The molecule has 1 N–H and O–H groups in total. The summed E-state index contributed by atoms with van der Waals surface area (Å²) in [6.07, 6.45) is 4.38. The van der Waals surface area contributed by atoms with Crippen LogP contribution in [0.3, 0.4) is 0 Å². The van der Waals surface area contributed by atoms with Crippen LogP contribution >= 0.6 is 0 Å². The molecule has 72 valence electrons. The minimum atomic E-state index is 0.134. The molecule has 0 aliphatic carbocycles. The first-order valence-electron chi connectivity index (χ1n) is 4.17. The molecular weight excluding hydrogens is 156 g/mol. The summed E-state index contributed by atoms with van der Waals surface area (Å²) in [7, 11) is 1.59. The average molecular weight is 174 g/mol. The van der Waals surface area contributed by atoms with Gasteiger partial charge in [0.25, 0.3) is 0 Å². The van der Waals surface area contributed by atoms with Crippen molar-refractivity contribution >= 4 is 0 Å². The molecule has 0 saturated carbocycles. The number of methoxy groups -OCH3 is 1. The van der Waals surface area contributed by atoms with Crippen molar-refractivity contribution in [2.45, 2.75) is 25.4 Å². The van der Waals surface area contributed by atoms with Gasteiger partial charge in [0.1, 0.15) is 6.79 Å². The summed E-state index contributed by atoms with van der Waals surface area (Å²) < 4.78 is 10.1. The Morgan fingerprint density at radius 2 is 2.33 bits per heavy atom. The van der Waals surface area contributed by atoms with Crippen LogP contribution in [-0.4, -0.2) is 31.7 Å². The van der Waals surface area contributed by atoms with Gasteiger partial charge in [-0.2, -0.15) is 0 Å². The number of hydrogen-bond acceptors (Lipinski definition) is 3. The number of aliphatic hydroxyl groups excluding tert-OH is 1. The first-order valence-corrected chi connectivity index (χ1v) is 4.17. The first kappa shape index (κ1) is 11.6. The third-order valence-corrected chi connectivity index (χ3v) is 1.54. The Labute approximate surface area is 74.0 Å². The summed E-state index contributed by atoms with van der Waals surface area (Å²) in [6.45, 7) is 4.16. The Morgan fingerprint density at radius 1 is 1.58 bits per heavy atom. The molecule has 1 atom stereocenters. The molecule has 0 aromatic carbocycles. The van der Waals surface area contributed by atoms with Gasteiger partial charge in [-0.1, -0.05) is 6.08 Å². The lowest BCUT2D eigenvalue weighted by atomic mass is 10.1. The van der Waals surface area contributed by atoms with Crippen LogP contribution in [0.5, 0.6) is 0 Å². The van der Waals surface area contributed by atoms with Gasteiger partial charge < -0.3 is 14.6 Å². The fourth-order valence-electron chi connectivity index (χ4n) is 0.938. The normalized spacial score (nSPS) is 12.8. The van der Waals surface area contributed by atoms with Crippen molar-refractivity contribution in [1.82, 2.24) is 0 Å². The maximum absolute atomic E-state index is 8.60. The molecule has 0 aliphatic rings. The summed E-state index contributed by atoms with van der Waals surface area (Å²) in [4.78, 5) is 0. The number of ether oxygens (including phenoxy) is 2. The molecule has 0 rings (SSSR count). The molecule has 0 aromatic rings. The molecule has 0 heterocycles. The average Bonchev–Trinajstić information content (AvgIpc) is 2.10. The van der Waals surface area contributed by atoms with Crippen molar-refractivity contribution in [3.63, 3.8) is 0 Å². The Kier molecular flexibility index (Phi) is 8.44. The first-order chi connectivity index (χ1) is 5.85. The summed E-state index contributed by atoms with van der Waals surface area (Å²) in [5.41, 5.74) is 0. The van der Waals surface area contributed by atoms with Crippen LogP contribution in [0.2, 0.25) is 0 Å². The molecule has 12 heavy (non-hydrogen) atoms. The van der Waals surface area contributed by atoms with Gasteiger partial charge in [-0.25, -0.2) is 0 Å². The smallest absolute Gasteiger partial charge is 0.146 e. The van der Waals surface area contributed by atoms with Gasteiger partial charge in [-0.05, 0) is 19.3 Å². The summed E-state index contributed by atoms with van der Waals surface area (Å²) in [6, 6.07) is 0. The Morgan fingerprint density at radius 3 is 2.83 bits per heavy atom. The van der Waals surface area contributed by atoms with Gasteiger partial charge in [-0.15, -0.1) is 6.58 Å². The third kappa shape index (κ3) is 6.34. The van der Waals surface area contributed by atoms with Gasteiger partial charge >= 0.3 is 0 Å². The molecule has 0 unspecified atom stereocenters. The number of aliphatic hydroxyl groups is 1. The predicted octanol–water partition coefficient (Wildman–Crippen LogP) is 1.32. The van der Waals surface area contributed by atoms with Crippen LogP contribution in [-0.2, 0) is 9.47 Å². The van der Waals surface area contributed by atoms with Crippen molar-refractivity contribution in [3.05, 3.63) is 12.7 Å². The second-order valence-electron chi connectivity index (χ2n) is 2.59. The van der Waals surface area contributed by atoms with Gasteiger partial charge in [-0.3, -0.25) is 0 Å². The Hall–Kier alpha value is -0.380. The molecule has 0 aromatic heterocycles. The van der Waals surface area contributed by atoms with E-state index >= 15 is 0 Å². The summed E-state index contributed by atoms with van der Waals surface area (Å²) in [5.74, 6) is 0. The fraction of sp³-hybridized carbons (Fsp3) is 0.778.